The van der Waals surface area contributed by atoms with Gasteiger partial charge >= 0.3 is 0 Å². The molecular weight excluding hydrogens is 290 g/mol. The topological polar surface area (TPSA) is 119 Å². The first-order valence-electron chi connectivity index (χ1n) is 8.02. The van der Waals surface area contributed by atoms with E-state index < -0.39 is 43.0 Å². The molecule has 1 aliphatic rings. The fourth-order valence-electron chi connectivity index (χ4n) is 2.62. The van der Waals surface area contributed by atoms with Crippen LogP contribution in [0.25, 0.3) is 0 Å². The lowest BCUT2D eigenvalue weighted by Crippen LogP contribution is -2.61. The second-order valence-corrected chi connectivity index (χ2v) is 5.93. The van der Waals surface area contributed by atoms with E-state index in [1.165, 1.54) is 0 Å². The molecule has 1 rings (SSSR count). The number of nitrogens with one attached hydrogen (secondary N) is 1. The Morgan fingerprint density at radius 1 is 1.14 bits per heavy atom. The standard InChI is InChI=1S/C15H29NO6/c1-3-4-5-6-7-16-15(21)9(2)14-13(20)12(19)11(18)10(8-17)22-14/h9-14,17-20H,3-8H2,1-2H3,(H,16,21)/t9?,10-,11-,12+,13+,14?/m1/s1. The lowest BCUT2D eigenvalue weighted by molar-refractivity contribution is -0.238. The molecular formula is C15H29NO6. The molecule has 22 heavy (non-hydrogen) atoms. The number of hydrogen-bond acceptors (Lipinski definition) is 6. The third-order valence-electron chi connectivity index (χ3n) is 4.17. The molecule has 7 nitrogen and oxygen atoms in total. The van der Waals surface area contributed by atoms with Crippen LogP contribution in [-0.2, 0) is 9.53 Å². The van der Waals surface area contributed by atoms with Crippen LogP contribution >= 0.6 is 0 Å². The molecule has 1 amide bonds. The van der Waals surface area contributed by atoms with Crippen LogP contribution in [0.1, 0.15) is 39.5 Å². The van der Waals surface area contributed by atoms with Crippen LogP contribution in [0.2, 0.25) is 0 Å². The van der Waals surface area contributed by atoms with Crippen molar-refractivity contribution in [1.29, 1.82) is 0 Å². The number of carbonyl (C=O) groups excluding carboxylic acids is 1. The molecule has 0 radical (unpaired) electrons. The molecule has 0 aromatic rings. The Kier molecular flexibility index (Phi) is 8.27. The van der Waals surface area contributed by atoms with Crippen molar-refractivity contribution < 1.29 is 30.0 Å². The SMILES string of the molecule is CCCCCCNC(=O)C(C)C1O[C@H](CO)[C@@H](O)[C@H](O)[C@@H]1O. The van der Waals surface area contributed by atoms with Crippen LogP contribution in [0.3, 0.4) is 0 Å². The van der Waals surface area contributed by atoms with Crippen LogP contribution in [0.15, 0.2) is 0 Å². The Bertz CT molecular complexity index is 338. The lowest BCUT2D eigenvalue weighted by Gasteiger charge is -2.41. The lowest BCUT2D eigenvalue weighted by atomic mass is 9.88. The third kappa shape index (κ3) is 4.89. The number of unbranched alkanes of at least 4 members (excludes halogenated alkanes) is 3. The molecule has 2 unspecified atom stereocenters. The van der Waals surface area contributed by atoms with E-state index in [1.807, 2.05) is 0 Å². The second-order valence-electron chi connectivity index (χ2n) is 5.93. The maximum Gasteiger partial charge on any atom is 0.225 e. The molecule has 5 N–H and O–H groups in total. The molecule has 130 valence electrons. The third-order valence-corrected chi connectivity index (χ3v) is 4.17. The van der Waals surface area contributed by atoms with E-state index in [0.29, 0.717) is 6.54 Å². The Morgan fingerprint density at radius 2 is 1.82 bits per heavy atom. The predicted octanol–water partition coefficient (Wildman–Crippen LogP) is -0.839. The Hall–Kier alpha value is -0.730. The molecule has 7 heteroatoms. The zero-order chi connectivity index (χ0) is 16.7. The number of carbonyl (C=O) groups is 1. The molecule has 0 bridgehead atoms. The molecule has 0 aromatic heterocycles. The zero-order valence-electron chi connectivity index (χ0n) is 13.3. The molecule has 0 saturated carbocycles. The minimum Gasteiger partial charge on any atom is -0.394 e. The molecule has 0 aliphatic carbocycles. The molecule has 0 spiro atoms. The van der Waals surface area contributed by atoms with Crippen molar-refractivity contribution in [2.45, 2.75) is 70.1 Å². The molecule has 1 saturated heterocycles. The first kappa shape index (κ1) is 19.3. The van der Waals surface area contributed by atoms with E-state index in [9.17, 15) is 20.1 Å². The van der Waals surface area contributed by atoms with Crippen molar-refractivity contribution in [2.75, 3.05) is 13.2 Å². The van der Waals surface area contributed by atoms with Gasteiger partial charge in [-0.15, -0.1) is 0 Å². The molecule has 1 aliphatic heterocycles. The van der Waals surface area contributed by atoms with Gasteiger partial charge in [0.05, 0.1) is 18.6 Å². The van der Waals surface area contributed by atoms with E-state index in [4.69, 9.17) is 9.84 Å². The van der Waals surface area contributed by atoms with E-state index in [-0.39, 0.29) is 5.91 Å². The molecule has 1 heterocycles. The Balaban J connectivity index is 2.51. The van der Waals surface area contributed by atoms with Crippen molar-refractivity contribution in [1.82, 2.24) is 5.32 Å². The number of aliphatic hydroxyl groups is 4. The first-order valence-corrected chi connectivity index (χ1v) is 8.02. The zero-order valence-corrected chi connectivity index (χ0v) is 13.3. The smallest absolute Gasteiger partial charge is 0.225 e. The Labute approximate surface area is 131 Å². The molecule has 6 atom stereocenters. The average Bonchev–Trinajstić information content (AvgIpc) is 2.52. The summed E-state index contributed by atoms with van der Waals surface area (Å²) in [4.78, 5) is 12.1. The van der Waals surface area contributed by atoms with Gasteiger partial charge in [-0.1, -0.05) is 33.1 Å². The fourth-order valence-corrected chi connectivity index (χ4v) is 2.62. The average molecular weight is 319 g/mol. The van der Waals surface area contributed by atoms with Gasteiger partial charge in [0.25, 0.3) is 0 Å². The van der Waals surface area contributed by atoms with E-state index >= 15 is 0 Å². The minimum absolute atomic E-state index is 0.277. The quantitative estimate of drug-likeness (QED) is 0.372. The van der Waals surface area contributed by atoms with Gasteiger partial charge in [0.2, 0.25) is 5.91 Å². The van der Waals surface area contributed by atoms with E-state index in [2.05, 4.69) is 12.2 Å². The largest absolute Gasteiger partial charge is 0.394 e. The maximum atomic E-state index is 12.1. The van der Waals surface area contributed by atoms with Crippen LogP contribution in [0, 0.1) is 5.92 Å². The van der Waals surface area contributed by atoms with Crippen molar-refractivity contribution in [3.05, 3.63) is 0 Å². The number of rotatable bonds is 8. The van der Waals surface area contributed by atoms with Crippen LogP contribution in [0.4, 0.5) is 0 Å². The van der Waals surface area contributed by atoms with Gasteiger partial charge in [-0.25, -0.2) is 0 Å². The van der Waals surface area contributed by atoms with Gasteiger partial charge in [0.1, 0.15) is 24.4 Å². The van der Waals surface area contributed by atoms with Gasteiger partial charge in [-0.05, 0) is 6.42 Å². The van der Waals surface area contributed by atoms with Crippen molar-refractivity contribution in [3.8, 4) is 0 Å². The van der Waals surface area contributed by atoms with Crippen molar-refractivity contribution in [3.63, 3.8) is 0 Å². The summed E-state index contributed by atoms with van der Waals surface area (Å²) in [5.41, 5.74) is 0. The summed E-state index contributed by atoms with van der Waals surface area (Å²) in [7, 11) is 0. The summed E-state index contributed by atoms with van der Waals surface area (Å²) in [5, 5.41) is 41.4. The summed E-state index contributed by atoms with van der Waals surface area (Å²) in [6.45, 7) is 3.77. The minimum atomic E-state index is -1.45. The first-order chi connectivity index (χ1) is 10.4. The van der Waals surface area contributed by atoms with E-state index in [0.717, 1.165) is 25.7 Å². The second kappa shape index (κ2) is 9.42. The number of aliphatic hydroxyl groups excluding tert-OH is 4. The van der Waals surface area contributed by atoms with Crippen LogP contribution in [-0.4, -0.2) is 70.0 Å². The van der Waals surface area contributed by atoms with E-state index in [1.54, 1.807) is 6.92 Å². The van der Waals surface area contributed by atoms with Gasteiger partial charge in [-0.2, -0.15) is 0 Å². The van der Waals surface area contributed by atoms with Crippen LogP contribution < -0.4 is 5.32 Å². The molecule has 1 fully saturated rings. The fraction of sp³-hybridized carbons (Fsp3) is 0.933. The summed E-state index contributed by atoms with van der Waals surface area (Å²) < 4.78 is 5.39. The maximum absolute atomic E-state index is 12.1. The number of amides is 1. The van der Waals surface area contributed by atoms with Gasteiger partial charge < -0.3 is 30.5 Å². The normalized spacial score (nSPS) is 33.5. The van der Waals surface area contributed by atoms with Crippen molar-refractivity contribution >= 4 is 5.91 Å². The van der Waals surface area contributed by atoms with Crippen LogP contribution in [0.5, 0.6) is 0 Å². The summed E-state index contributed by atoms with van der Waals surface area (Å²) in [6.07, 6.45) is -2.00. The predicted molar refractivity (Wildman–Crippen MR) is 80.1 cm³/mol. The monoisotopic (exact) mass is 319 g/mol. The number of ether oxygens (including phenoxy) is 1. The van der Waals surface area contributed by atoms with Crippen molar-refractivity contribution in [2.24, 2.45) is 5.92 Å². The summed E-state index contributed by atoms with van der Waals surface area (Å²) >= 11 is 0. The van der Waals surface area contributed by atoms with Gasteiger partial charge in [-0.3, -0.25) is 4.79 Å². The van der Waals surface area contributed by atoms with Gasteiger partial charge in [0, 0.05) is 6.54 Å². The summed E-state index contributed by atoms with van der Waals surface area (Å²) in [6, 6.07) is 0. The Morgan fingerprint density at radius 3 is 2.41 bits per heavy atom. The van der Waals surface area contributed by atoms with Gasteiger partial charge in [0.15, 0.2) is 0 Å². The highest BCUT2D eigenvalue weighted by atomic mass is 16.5. The summed E-state index contributed by atoms with van der Waals surface area (Å²) in [5.74, 6) is -0.974. The highest BCUT2D eigenvalue weighted by molar-refractivity contribution is 5.79. The molecule has 0 aromatic carbocycles. The highest BCUT2D eigenvalue weighted by Crippen LogP contribution is 2.26. The highest BCUT2D eigenvalue weighted by Gasteiger charge is 2.46. The number of hydrogen-bond donors (Lipinski definition) is 5.